The molecule has 2 aliphatic rings. The summed E-state index contributed by atoms with van der Waals surface area (Å²) in [4.78, 5) is 48.9. The Bertz CT molecular complexity index is 768. The van der Waals surface area contributed by atoms with Gasteiger partial charge < -0.3 is 48.5 Å². The molecule has 0 saturated carbocycles. The van der Waals surface area contributed by atoms with E-state index >= 15 is 0 Å². The van der Waals surface area contributed by atoms with Gasteiger partial charge in [-0.05, 0) is 6.42 Å². The zero-order chi connectivity index (χ0) is 29.3. The van der Waals surface area contributed by atoms with Crippen molar-refractivity contribution in [2.75, 3.05) is 6.61 Å². The Kier molecular flexibility index (Phi) is 13.0. The van der Waals surface area contributed by atoms with Crippen molar-refractivity contribution in [3.05, 3.63) is 0 Å². The first kappa shape index (κ1) is 32.8. The molecule has 14 heteroatoms. The lowest BCUT2D eigenvalue weighted by Gasteiger charge is -2.47. The Labute approximate surface area is 226 Å². The van der Waals surface area contributed by atoms with Gasteiger partial charge in [0, 0.05) is 25.7 Å². The van der Waals surface area contributed by atoms with Crippen molar-refractivity contribution in [1.29, 1.82) is 0 Å². The van der Waals surface area contributed by atoms with Gasteiger partial charge in [-0.3, -0.25) is 19.2 Å². The third-order valence-corrected chi connectivity index (χ3v) is 6.31. The molecule has 2 aliphatic heterocycles. The fraction of sp³-hybridized carbons (Fsp3) is 0.840. The number of hydrogen-bond acceptors (Lipinski definition) is 14. The average molecular weight is 565 g/mol. The normalized spacial score (nSPS) is 34.6. The predicted molar refractivity (Wildman–Crippen MR) is 128 cm³/mol. The van der Waals surface area contributed by atoms with Crippen LogP contribution in [0.5, 0.6) is 0 Å². The van der Waals surface area contributed by atoms with Gasteiger partial charge in [0.25, 0.3) is 0 Å². The van der Waals surface area contributed by atoms with Gasteiger partial charge in [0.05, 0.1) is 12.7 Å². The predicted octanol–water partition coefficient (Wildman–Crippen LogP) is -0.136. The Morgan fingerprint density at radius 2 is 0.923 bits per heavy atom. The second-order valence-corrected chi connectivity index (χ2v) is 9.03. The van der Waals surface area contributed by atoms with Crippen LogP contribution in [-0.2, 0) is 52.3 Å². The van der Waals surface area contributed by atoms with Crippen molar-refractivity contribution in [2.45, 2.75) is 128 Å². The molecule has 3 N–H and O–H groups in total. The van der Waals surface area contributed by atoms with Crippen LogP contribution in [0.2, 0.25) is 0 Å². The van der Waals surface area contributed by atoms with E-state index in [-0.39, 0.29) is 32.1 Å². The fourth-order valence-electron chi connectivity index (χ4n) is 4.08. The summed E-state index contributed by atoms with van der Waals surface area (Å²) in [6, 6.07) is 0. The highest BCUT2D eigenvalue weighted by Gasteiger charge is 2.55. The molecule has 4 unspecified atom stereocenters. The van der Waals surface area contributed by atoms with E-state index in [0.29, 0.717) is 0 Å². The monoisotopic (exact) mass is 564 g/mol. The molecule has 14 nitrogen and oxygen atoms in total. The molecule has 0 aromatic rings. The summed E-state index contributed by atoms with van der Waals surface area (Å²) < 4.78 is 39.2. The van der Waals surface area contributed by atoms with Gasteiger partial charge in [-0.15, -0.1) is 0 Å². The summed E-state index contributed by atoms with van der Waals surface area (Å²) in [5.41, 5.74) is 0. The molecule has 2 rings (SSSR count). The third kappa shape index (κ3) is 8.32. The van der Waals surface area contributed by atoms with Crippen molar-refractivity contribution >= 4 is 23.9 Å². The van der Waals surface area contributed by atoms with Crippen LogP contribution in [0.25, 0.3) is 0 Å². The smallest absolute Gasteiger partial charge is 0.306 e. The molecule has 0 amide bonds. The molecule has 0 aliphatic carbocycles. The lowest BCUT2D eigenvalue weighted by Crippen LogP contribution is -2.65. The number of hydrogen-bond donors (Lipinski definition) is 3. The lowest BCUT2D eigenvalue weighted by atomic mass is 9.96. The van der Waals surface area contributed by atoms with Crippen molar-refractivity contribution in [1.82, 2.24) is 0 Å². The third-order valence-electron chi connectivity index (χ3n) is 6.31. The van der Waals surface area contributed by atoms with Gasteiger partial charge in [-0.2, -0.15) is 0 Å². The van der Waals surface area contributed by atoms with Crippen LogP contribution in [0.4, 0.5) is 0 Å². The summed E-state index contributed by atoms with van der Waals surface area (Å²) in [5.74, 6) is -2.85. The number of esters is 4. The minimum Gasteiger partial charge on any atom is -0.455 e. The highest BCUT2D eigenvalue weighted by atomic mass is 16.8. The molecule has 10 atom stereocenters. The van der Waals surface area contributed by atoms with E-state index in [1.54, 1.807) is 13.8 Å². The van der Waals surface area contributed by atoms with Gasteiger partial charge in [0.1, 0.15) is 18.3 Å². The first-order chi connectivity index (χ1) is 18.5. The first-order valence-electron chi connectivity index (χ1n) is 13.3. The average Bonchev–Trinajstić information content (AvgIpc) is 2.94. The van der Waals surface area contributed by atoms with Crippen LogP contribution in [-0.4, -0.2) is 107 Å². The standard InChI is InChI=1S/C25H40O14/c1-6-12-18(31)20(35-14(27)7-2)22(37-16(29)9-4)24(33-12)39-25-23(38-17(30)10-5)21(36-15(28)8-3)19(32)13(11-26)34-25/h12-13,18-26,31-32H,6-11H2,1-5H3/t12?,13?,18-,19-,20?,21+,22-,23?,24-,25-/m1/s1. The Hall–Kier alpha value is -2.36. The Morgan fingerprint density at radius 3 is 1.26 bits per heavy atom. The molecule has 39 heavy (non-hydrogen) atoms. The van der Waals surface area contributed by atoms with E-state index in [2.05, 4.69) is 0 Å². The number of aliphatic hydroxyl groups excluding tert-OH is 3. The maximum atomic E-state index is 12.3. The van der Waals surface area contributed by atoms with E-state index in [4.69, 9.17) is 33.2 Å². The molecule has 2 saturated heterocycles. The van der Waals surface area contributed by atoms with Gasteiger partial charge >= 0.3 is 23.9 Å². The van der Waals surface area contributed by atoms with Crippen molar-refractivity contribution in [3.63, 3.8) is 0 Å². The van der Waals surface area contributed by atoms with E-state index in [1.807, 2.05) is 0 Å². The van der Waals surface area contributed by atoms with E-state index in [9.17, 15) is 34.5 Å². The van der Waals surface area contributed by atoms with Gasteiger partial charge in [-0.25, -0.2) is 0 Å². The van der Waals surface area contributed by atoms with Gasteiger partial charge in [-0.1, -0.05) is 34.6 Å². The molecule has 2 fully saturated rings. The molecule has 0 bridgehead atoms. The quantitative estimate of drug-likeness (QED) is 0.209. The highest BCUT2D eigenvalue weighted by molar-refractivity contribution is 5.71. The molecule has 0 aromatic carbocycles. The van der Waals surface area contributed by atoms with Crippen LogP contribution < -0.4 is 0 Å². The van der Waals surface area contributed by atoms with Gasteiger partial charge in [0.2, 0.25) is 12.6 Å². The zero-order valence-electron chi connectivity index (χ0n) is 22.8. The number of carbonyl (C=O) groups excluding carboxylic acids is 4. The number of aliphatic hydroxyl groups is 3. The highest BCUT2D eigenvalue weighted by Crippen LogP contribution is 2.34. The molecule has 0 spiro atoms. The minimum atomic E-state index is -1.61. The first-order valence-corrected chi connectivity index (χ1v) is 13.3. The van der Waals surface area contributed by atoms with E-state index in [1.165, 1.54) is 20.8 Å². The summed E-state index contributed by atoms with van der Waals surface area (Å²) >= 11 is 0. The molecule has 2 heterocycles. The van der Waals surface area contributed by atoms with E-state index < -0.39 is 91.9 Å². The topological polar surface area (TPSA) is 194 Å². The lowest BCUT2D eigenvalue weighted by molar-refractivity contribution is -0.376. The van der Waals surface area contributed by atoms with Crippen LogP contribution in [0, 0.1) is 0 Å². The van der Waals surface area contributed by atoms with Crippen molar-refractivity contribution < 1.29 is 67.7 Å². The van der Waals surface area contributed by atoms with Crippen LogP contribution in [0.3, 0.4) is 0 Å². The van der Waals surface area contributed by atoms with Crippen LogP contribution >= 0.6 is 0 Å². The summed E-state index contributed by atoms with van der Waals surface area (Å²) in [7, 11) is 0. The SMILES string of the molecule is CCC(=O)OC1[C@H](O)C(CC)O[C@H](O[C@H]2OC(CO)[C@@H](O)[C@H](OC(=O)CC)C2OC(=O)CC)[C@@H]1OC(=O)CC. The second kappa shape index (κ2) is 15.4. The van der Waals surface area contributed by atoms with Crippen LogP contribution in [0.15, 0.2) is 0 Å². The molecular formula is C25H40O14. The summed E-state index contributed by atoms with van der Waals surface area (Å²) in [5, 5.41) is 31.4. The molecular weight excluding hydrogens is 524 g/mol. The zero-order valence-corrected chi connectivity index (χ0v) is 22.8. The minimum absolute atomic E-state index is 0.0256. The summed E-state index contributed by atoms with van der Waals surface area (Å²) in [6.07, 6.45) is -14.3. The summed E-state index contributed by atoms with van der Waals surface area (Å²) in [6.45, 7) is 7.10. The maximum absolute atomic E-state index is 12.3. The van der Waals surface area contributed by atoms with Crippen LogP contribution in [0.1, 0.15) is 66.7 Å². The van der Waals surface area contributed by atoms with Gasteiger partial charge in [0.15, 0.2) is 24.4 Å². The van der Waals surface area contributed by atoms with Crippen molar-refractivity contribution in [3.8, 4) is 0 Å². The molecule has 224 valence electrons. The maximum Gasteiger partial charge on any atom is 0.306 e. The Balaban J connectivity index is 2.50. The number of rotatable bonds is 12. The number of ether oxygens (including phenoxy) is 7. The molecule has 0 aromatic heterocycles. The number of carbonyl (C=O) groups is 4. The van der Waals surface area contributed by atoms with Crippen molar-refractivity contribution in [2.24, 2.45) is 0 Å². The van der Waals surface area contributed by atoms with E-state index in [0.717, 1.165) is 0 Å². The second-order valence-electron chi connectivity index (χ2n) is 9.03. The fourth-order valence-corrected chi connectivity index (χ4v) is 4.08. The largest absolute Gasteiger partial charge is 0.455 e. The Morgan fingerprint density at radius 1 is 0.590 bits per heavy atom. The molecule has 0 radical (unpaired) electrons.